The summed E-state index contributed by atoms with van der Waals surface area (Å²) in [7, 11) is 1.56. The average molecular weight is 593 g/mol. The second-order valence-electron chi connectivity index (χ2n) is 9.51. The molecule has 210 valence electrons. The van der Waals surface area contributed by atoms with E-state index >= 15 is 0 Å². The Balaban J connectivity index is 1.60. The minimum Gasteiger partial charge on any atom is -0.497 e. The van der Waals surface area contributed by atoms with E-state index in [1.165, 1.54) is 28.0 Å². The van der Waals surface area contributed by atoms with Gasteiger partial charge in [0.15, 0.2) is 4.80 Å². The van der Waals surface area contributed by atoms with Crippen LogP contribution in [0.2, 0.25) is 5.02 Å². The highest BCUT2D eigenvalue weighted by molar-refractivity contribution is 7.07. The topological polar surface area (TPSA) is 120 Å². The minimum atomic E-state index is -1.12. The van der Waals surface area contributed by atoms with Gasteiger partial charge in [-0.05, 0) is 62.7 Å². The lowest BCUT2D eigenvalue weighted by Gasteiger charge is -2.25. The van der Waals surface area contributed by atoms with Crippen molar-refractivity contribution < 1.29 is 28.6 Å². The van der Waals surface area contributed by atoms with Crippen molar-refractivity contribution in [2.24, 2.45) is 4.99 Å². The van der Waals surface area contributed by atoms with Gasteiger partial charge in [0.25, 0.3) is 5.56 Å². The molecule has 1 N–H and O–H groups in total. The standard InChI is InChI=1S/C30H25ClN2O7S/c1-15(2)39-29(37)25-16(3)32-30-33(26(25)17-5-8-19(38-4)9-6-17)27(34)24(41-30)14-20-10-12-23(40-20)18-7-11-21(28(35)36)22(31)13-18/h5-15,26H,1-4H3,(H,35,36)/b24-14-/t26-/m1/s1. The maximum absolute atomic E-state index is 13.8. The number of allylic oxidation sites excluding steroid dienone is 1. The first-order valence-corrected chi connectivity index (χ1v) is 13.8. The van der Waals surface area contributed by atoms with Gasteiger partial charge in [-0.15, -0.1) is 0 Å². The van der Waals surface area contributed by atoms with Gasteiger partial charge in [0.05, 0.1) is 45.6 Å². The molecule has 1 aliphatic heterocycles. The van der Waals surface area contributed by atoms with Gasteiger partial charge in [0, 0.05) is 11.6 Å². The van der Waals surface area contributed by atoms with Gasteiger partial charge in [0.1, 0.15) is 17.3 Å². The molecule has 3 heterocycles. The number of rotatable bonds is 7. The van der Waals surface area contributed by atoms with Gasteiger partial charge in [-0.1, -0.05) is 41.1 Å². The Morgan fingerprint density at radius 2 is 1.88 bits per heavy atom. The average Bonchev–Trinajstić information content (AvgIpc) is 3.51. The van der Waals surface area contributed by atoms with Crippen molar-refractivity contribution in [3.63, 3.8) is 0 Å². The lowest BCUT2D eigenvalue weighted by molar-refractivity contribution is -0.143. The molecule has 0 aliphatic carbocycles. The minimum absolute atomic E-state index is 0.0124. The summed E-state index contributed by atoms with van der Waals surface area (Å²) in [5, 5.41) is 9.31. The largest absolute Gasteiger partial charge is 0.497 e. The summed E-state index contributed by atoms with van der Waals surface area (Å²) in [6.45, 7) is 5.25. The fourth-order valence-electron chi connectivity index (χ4n) is 4.52. The maximum atomic E-state index is 13.8. The molecule has 0 saturated heterocycles. The molecule has 1 aliphatic rings. The number of carbonyl (C=O) groups excluding carboxylic acids is 1. The molecule has 0 fully saturated rings. The molecule has 0 saturated carbocycles. The van der Waals surface area contributed by atoms with Crippen molar-refractivity contribution in [3.05, 3.63) is 107 Å². The van der Waals surface area contributed by atoms with E-state index in [0.717, 1.165) is 0 Å². The number of benzene rings is 2. The summed E-state index contributed by atoms with van der Waals surface area (Å²) < 4.78 is 18.6. The molecular weight excluding hydrogens is 568 g/mol. The number of esters is 1. The van der Waals surface area contributed by atoms with Crippen molar-refractivity contribution in [2.75, 3.05) is 7.11 Å². The molecule has 0 spiro atoms. The lowest BCUT2D eigenvalue weighted by atomic mass is 9.96. The highest BCUT2D eigenvalue weighted by Gasteiger charge is 2.33. The van der Waals surface area contributed by atoms with Crippen LogP contribution >= 0.6 is 22.9 Å². The third-order valence-corrected chi connectivity index (χ3v) is 7.70. The van der Waals surface area contributed by atoms with Gasteiger partial charge in [-0.25, -0.2) is 14.6 Å². The molecule has 0 radical (unpaired) electrons. The van der Waals surface area contributed by atoms with Crippen LogP contribution in [0.3, 0.4) is 0 Å². The van der Waals surface area contributed by atoms with E-state index in [2.05, 4.69) is 4.99 Å². The number of carboxylic acids is 1. The highest BCUT2D eigenvalue weighted by atomic mass is 35.5. The Morgan fingerprint density at radius 1 is 1.15 bits per heavy atom. The number of fused-ring (bicyclic) bond motifs is 1. The van der Waals surface area contributed by atoms with E-state index in [0.29, 0.717) is 43.4 Å². The number of nitrogens with zero attached hydrogens (tertiary/aromatic N) is 2. The number of methoxy groups -OCH3 is 1. The monoisotopic (exact) mass is 592 g/mol. The van der Waals surface area contributed by atoms with Crippen LogP contribution < -0.4 is 19.6 Å². The van der Waals surface area contributed by atoms with Crippen LogP contribution in [0, 0.1) is 0 Å². The zero-order chi connectivity index (χ0) is 29.4. The van der Waals surface area contributed by atoms with Crippen LogP contribution in [-0.2, 0) is 9.53 Å². The van der Waals surface area contributed by atoms with Gasteiger partial charge < -0.3 is 19.0 Å². The lowest BCUT2D eigenvalue weighted by Crippen LogP contribution is -2.40. The number of hydrogen-bond acceptors (Lipinski definition) is 8. The fourth-order valence-corrected chi connectivity index (χ4v) is 5.81. The van der Waals surface area contributed by atoms with Crippen molar-refractivity contribution >= 4 is 41.0 Å². The van der Waals surface area contributed by atoms with E-state index in [-0.39, 0.29) is 27.8 Å². The number of aromatic nitrogens is 1. The van der Waals surface area contributed by atoms with Gasteiger partial charge in [-0.3, -0.25) is 9.36 Å². The summed E-state index contributed by atoms with van der Waals surface area (Å²) in [6.07, 6.45) is 1.25. The molecule has 41 heavy (non-hydrogen) atoms. The molecule has 0 unspecified atom stereocenters. The normalized spacial score (nSPS) is 15.1. The summed E-state index contributed by atoms with van der Waals surface area (Å²) in [5.74, 6) is -0.172. The van der Waals surface area contributed by atoms with Gasteiger partial charge >= 0.3 is 11.9 Å². The number of hydrogen-bond donors (Lipinski definition) is 1. The number of aromatic carboxylic acids is 1. The predicted molar refractivity (Wildman–Crippen MR) is 154 cm³/mol. The molecule has 2 aromatic carbocycles. The molecule has 2 aromatic heterocycles. The summed E-state index contributed by atoms with van der Waals surface area (Å²) in [6, 6.07) is 14.3. The van der Waals surface area contributed by atoms with Crippen LogP contribution in [0.5, 0.6) is 5.75 Å². The molecule has 0 amide bonds. The van der Waals surface area contributed by atoms with Gasteiger partial charge in [0.2, 0.25) is 0 Å². The van der Waals surface area contributed by atoms with Crippen LogP contribution in [-0.4, -0.2) is 34.8 Å². The van der Waals surface area contributed by atoms with Crippen molar-refractivity contribution in [1.82, 2.24) is 4.57 Å². The molecule has 9 nitrogen and oxygen atoms in total. The summed E-state index contributed by atoms with van der Waals surface area (Å²) in [4.78, 5) is 43.3. The van der Waals surface area contributed by atoms with Crippen LogP contribution in [0.1, 0.15) is 48.5 Å². The molecule has 11 heteroatoms. The molecule has 5 rings (SSSR count). The molecular formula is C30H25ClN2O7S. The smallest absolute Gasteiger partial charge is 0.338 e. The Kier molecular flexibility index (Phi) is 7.70. The Labute approximate surface area is 243 Å². The quantitative estimate of drug-likeness (QED) is 0.306. The summed E-state index contributed by atoms with van der Waals surface area (Å²) in [5.41, 5.74) is 1.68. The number of thiazole rings is 1. The molecule has 1 atom stereocenters. The third-order valence-electron chi connectivity index (χ3n) is 6.40. The SMILES string of the molecule is COc1ccc([C@@H]2C(C(=O)OC(C)C)=C(C)N=c3s/c(=C\c4ccc(-c5ccc(C(=O)O)c(Cl)c5)o4)c(=O)n32)cc1. The van der Waals surface area contributed by atoms with Crippen molar-refractivity contribution in [1.29, 1.82) is 0 Å². The molecule has 0 bridgehead atoms. The zero-order valence-electron chi connectivity index (χ0n) is 22.5. The van der Waals surface area contributed by atoms with E-state index in [1.54, 1.807) is 64.3 Å². The van der Waals surface area contributed by atoms with E-state index < -0.39 is 18.0 Å². The van der Waals surface area contributed by atoms with Gasteiger partial charge in [-0.2, -0.15) is 0 Å². The third kappa shape index (κ3) is 5.48. The summed E-state index contributed by atoms with van der Waals surface area (Å²) >= 11 is 7.30. The second kappa shape index (κ2) is 11.2. The predicted octanol–water partition coefficient (Wildman–Crippen LogP) is 4.81. The zero-order valence-corrected chi connectivity index (χ0v) is 24.1. The van der Waals surface area contributed by atoms with Crippen LogP contribution in [0.25, 0.3) is 17.4 Å². The van der Waals surface area contributed by atoms with E-state index in [9.17, 15) is 19.5 Å². The Hall–Kier alpha value is -4.41. The first kappa shape index (κ1) is 28.1. The number of carbonyl (C=O) groups is 2. The molecule has 4 aromatic rings. The number of furan rings is 1. The first-order chi connectivity index (χ1) is 19.6. The number of carboxylic acid groups (broad SMARTS) is 1. The first-order valence-electron chi connectivity index (χ1n) is 12.6. The van der Waals surface area contributed by atoms with E-state index in [1.807, 2.05) is 12.1 Å². The second-order valence-corrected chi connectivity index (χ2v) is 10.9. The Bertz CT molecular complexity index is 1880. The van der Waals surface area contributed by atoms with Crippen LogP contribution in [0.4, 0.5) is 0 Å². The Morgan fingerprint density at radius 3 is 2.51 bits per heavy atom. The maximum Gasteiger partial charge on any atom is 0.338 e. The van der Waals surface area contributed by atoms with Crippen LogP contribution in [0.15, 0.2) is 80.1 Å². The van der Waals surface area contributed by atoms with Crippen molar-refractivity contribution in [3.8, 4) is 17.1 Å². The highest BCUT2D eigenvalue weighted by Crippen LogP contribution is 2.32. The van der Waals surface area contributed by atoms with E-state index in [4.69, 9.17) is 25.5 Å². The van der Waals surface area contributed by atoms with Crippen molar-refractivity contribution in [2.45, 2.75) is 32.9 Å². The number of halogens is 1. The number of ether oxygens (including phenoxy) is 2. The fraction of sp³-hybridized carbons (Fsp3) is 0.200.